The predicted molar refractivity (Wildman–Crippen MR) is 106 cm³/mol. The molecule has 0 unspecified atom stereocenters. The van der Waals surface area contributed by atoms with Gasteiger partial charge in [0, 0.05) is 30.9 Å². The van der Waals surface area contributed by atoms with E-state index >= 15 is 0 Å². The van der Waals surface area contributed by atoms with Crippen molar-refractivity contribution < 1.29 is 9.59 Å². The Morgan fingerprint density at radius 2 is 2.04 bits per heavy atom. The largest absolute Gasteiger partial charge is 0.352 e. The Bertz CT molecular complexity index is 702. The van der Waals surface area contributed by atoms with Crippen LogP contribution in [0.5, 0.6) is 0 Å². The van der Waals surface area contributed by atoms with E-state index in [-0.39, 0.29) is 17.4 Å². The molecule has 0 bridgehead atoms. The zero-order chi connectivity index (χ0) is 18.9. The molecule has 0 radical (unpaired) electrons. The minimum absolute atomic E-state index is 0.0687. The molecule has 1 saturated heterocycles. The van der Waals surface area contributed by atoms with Crippen LogP contribution in [-0.2, 0) is 22.6 Å². The summed E-state index contributed by atoms with van der Waals surface area (Å²) < 4.78 is -0.461. The smallest absolute Gasteiger partial charge is 0.243 e. The maximum absolute atomic E-state index is 12.5. The van der Waals surface area contributed by atoms with E-state index in [1.54, 1.807) is 0 Å². The van der Waals surface area contributed by atoms with E-state index in [0.29, 0.717) is 12.3 Å². The number of rotatable bonds is 4. The van der Waals surface area contributed by atoms with Gasteiger partial charge in [0.1, 0.15) is 6.04 Å². The van der Waals surface area contributed by atoms with Crippen LogP contribution in [0.1, 0.15) is 38.8 Å². The lowest BCUT2D eigenvalue weighted by molar-refractivity contribution is -0.130. The van der Waals surface area contributed by atoms with Gasteiger partial charge in [0.05, 0.1) is 4.75 Å². The van der Waals surface area contributed by atoms with Crippen LogP contribution in [0.15, 0.2) is 24.3 Å². The number of benzene rings is 1. The Hall–Kier alpha value is -1.53. The summed E-state index contributed by atoms with van der Waals surface area (Å²) in [5, 5.41) is 5.90. The lowest BCUT2D eigenvalue weighted by atomic mass is 9.94. The molecule has 2 aliphatic heterocycles. The first kappa shape index (κ1) is 19.2. The molecule has 5 nitrogen and oxygen atoms in total. The van der Waals surface area contributed by atoms with Gasteiger partial charge >= 0.3 is 0 Å². The van der Waals surface area contributed by atoms with Crippen molar-refractivity contribution >= 4 is 23.6 Å². The number of fused-ring (bicyclic) bond motifs is 1. The monoisotopic (exact) mass is 375 g/mol. The maximum Gasteiger partial charge on any atom is 0.243 e. The summed E-state index contributed by atoms with van der Waals surface area (Å²) in [6.07, 6.45) is 1.04. The maximum atomic E-state index is 12.5. The zero-order valence-corrected chi connectivity index (χ0v) is 16.9. The summed E-state index contributed by atoms with van der Waals surface area (Å²) in [7, 11) is 0. The molecule has 1 aromatic rings. The molecule has 3 rings (SSSR count). The van der Waals surface area contributed by atoms with Crippen molar-refractivity contribution in [3.8, 4) is 0 Å². The van der Waals surface area contributed by atoms with Gasteiger partial charge in [0.25, 0.3) is 0 Å². The molecule has 2 N–H and O–H groups in total. The quantitative estimate of drug-likeness (QED) is 0.844. The van der Waals surface area contributed by atoms with Gasteiger partial charge in [-0.05, 0) is 45.2 Å². The second-order valence-electron chi connectivity index (χ2n) is 8.32. The lowest BCUT2D eigenvalue weighted by Crippen LogP contribution is -2.59. The van der Waals surface area contributed by atoms with Crippen molar-refractivity contribution in [3.63, 3.8) is 0 Å². The van der Waals surface area contributed by atoms with E-state index < -0.39 is 10.8 Å². The molecule has 1 aromatic carbocycles. The summed E-state index contributed by atoms with van der Waals surface area (Å²) in [6.45, 7) is 10.6. The molecule has 26 heavy (non-hydrogen) atoms. The van der Waals surface area contributed by atoms with E-state index in [9.17, 15) is 9.59 Å². The van der Waals surface area contributed by atoms with Crippen LogP contribution >= 0.6 is 11.8 Å². The molecule has 2 amide bonds. The zero-order valence-electron chi connectivity index (χ0n) is 16.1. The van der Waals surface area contributed by atoms with Crippen molar-refractivity contribution in [1.82, 2.24) is 15.5 Å². The fraction of sp³-hybridized carbons (Fsp3) is 0.600. The van der Waals surface area contributed by atoms with E-state index in [1.807, 2.05) is 13.8 Å². The Labute approximate surface area is 160 Å². The van der Waals surface area contributed by atoms with Crippen LogP contribution in [0.3, 0.4) is 0 Å². The second kappa shape index (κ2) is 7.24. The molecular weight excluding hydrogens is 346 g/mol. The standard InChI is InChI=1S/C20H29N3O2S/c1-19(2,23-10-9-14-7-5-6-8-15(14)11-23)13-21-17(24)16-12-26-20(3,4)18(25)22-16/h5-8,16H,9-13H2,1-4H3,(H,21,24)(H,22,25)/t16-/m1/s1. The first-order chi connectivity index (χ1) is 12.2. The number of nitrogens with zero attached hydrogens (tertiary/aromatic N) is 1. The normalized spacial score (nSPS) is 23.1. The van der Waals surface area contributed by atoms with E-state index in [2.05, 4.69) is 53.6 Å². The van der Waals surface area contributed by atoms with Gasteiger partial charge in [-0.3, -0.25) is 14.5 Å². The molecule has 142 valence electrons. The first-order valence-electron chi connectivity index (χ1n) is 9.23. The summed E-state index contributed by atoms with van der Waals surface area (Å²) in [5.74, 6) is 0.454. The molecule has 6 heteroatoms. The minimum atomic E-state index is -0.461. The second-order valence-corrected chi connectivity index (χ2v) is 9.96. The number of thioether (sulfide) groups is 1. The summed E-state index contributed by atoms with van der Waals surface area (Å²) in [6, 6.07) is 8.12. The summed E-state index contributed by atoms with van der Waals surface area (Å²) >= 11 is 1.54. The van der Waals surface area contributed by atoms with Crippen molar-refractivity contribution in [1.29, 1.82) is 0 Å². The molecule has 0 saturated carbocycles. The Balaban J connectivity index is 1.55. The fourth-order valence-electron chi connectivity index (χ4n) is 3.42. The fourth-order valence-corrected chi connectivity index (χ4v) is 4.43. The van der Waals surface area contributed by atoms with Crippen LogP contribution < -0.4 is 10.6 Å². The van der Waals surface area contributed by atoms with Crippen molar-refractivity contribution in [3.05, 3.63) is 35.4 Å². The van der Waals surface area contributed by atoms with E-state index in [4.69, 9.17) is 0 Å². The molecule has 2 aliphatic rings. The molecule has 1 fully saturated rings. The van der Waals surface area contributed by atoms with Crippen LogP contribution in [0.2, 0.25) is 0 Å². The molecule has 0 aromatic heterocycles. The van der Waals surface area contributed by atoms with E-state index in [0.717, 1.165) is 19.5 Å². The highest BCUT2D eigenvalue weighted by molar-refractivity contribution is 8.01. The van der Waals surface area contributed by atoms with Crippen molar-refractivity contribution in [2.24, 2.45) is 0 Å². The van der Waals surface area contributed by atoms with Crippen LogP contribution in [-0.4, -0.2) is 51.9 Å². The number of carbonyl (C=O) groups excluding carboxylic acids is 2. The summed E-state index contributed by atoms with van der Waals surface area (Å²) in [5.41, 5.74) is 2.65. The third kappa shape index (κ3) is 4.07. The van der Waals surface area contributed by atoms with Gasteiger partial charge in [-0.25, -0.2) is 0 Å². The number of hydrogen-bond donors (Lipinski definition) is 2. The topological polar surface area (TPSA) is 61.4 Å². The molecule has 0 aliphatic carbocycles. The highest BCUT2D eigenvalue weighted by Gasteiger charge is 2.38. The Morgan fingerprint density at radius 3 is 2.73 bits per heavy atom. The predicted octanol–water partition coefficient (Wildman–Crippen LogP) is 1.95. The molecular formula is C20H29N3O2S. The SMILES string of the molecule is CC1(C)SC[C@H](C(=O)NCC(C)(C)N2CCc3ccccc3C2)NC1=O. The van der Waals surface area contributed by atoms with Gasteiger partial charge in [-0.15, -0.1) is 11.8 Å². The highest BCUT2D eigenvalue weighted by Crippen LogP contribution is 2.29. The molecule has 1 atom stereocenters. The first-order valence-corrected chi connectivity index (χ1v) is 10.2. The summed E-state index contributed by atoms with van der Waals surface area (Å²) in [4.78, 5) is 27.0. The van der Waals surface area contributed by atoms with Crippen LogP contribution in [0.25, 0.3) is 0 Å². The van der Waals surface area contributed by atoms with Gasteiger partial charge in [0.2, 0.25) is 11.8 Å². The third-order valence-electron chi connectivity index (χ3n) is 5.46. The average molecular weight is 376 g/mol. The van der Waals surface area contributed by atoms with Gasteiger partial charge in [-0.1, -0.05) is 24.3 Å². The van der Waals surface area contributed by atoms with Crippen LogP contribution in [0, 0.1) is 0 Å². The number of nitrogens with one attached hydrogen (secondary N) is 2. The Kier molecular flexibility index (Phi) is 5.35. The van der Waals surface area contributed by atoms with Crippen molar-refractivity contribution in [2.75, 3.05) is 18.8 Å². The number of amides is 2. The van der Waals surface area contributed by atoms with Crippen LogP contribution in [0.4, 0.5) is 0 Å². The molecule has 0 spiro atoms. The average Bonchev–Trinajstić information content (AvgIpc) is 2.61. The van der Waals surface area contributed by atoms with Gasteiger partial charge in [0.15, 0.2) is 0 Å². The van der Waals surface area contributed by atoms with Gasteiger partial charge in [-0.2, -0.15) is 0 Å². The number of carbonyl (C=O) groups is 2. The number of hydrogen-bond acceptors (Lipinski definition) is 4. The lowest BCUT2D eigenvalue weighted by Gasteiger charge is -2.42. The minimum Gasteiger partial charge on any atom is -0.352 e. The third-order valence-corrected chi connectivity index (χ3v) is 6.87. The highest BCUT2D eigenvalue weighted by atomic mass is 32.2. The Morgan fingerprint density at radius 1 is 1.35 bits per heavy atom. The van der Waals surface area contributed by atoms with Gasteiger partial charge < -0.3 is 10.6 Å². The van der Waals surface area contributed by atoms with E-state index in [1.165, 1.54) is 22.9 Å². The van der Waals surface area contributed by atoms with Crippen molar-refractivity contribution in [2.45, 2.75) is 57.0 Å². The molecule has 2 heterocycles.